The zero-order chi connectivity index (χ0) is 14.0. The summed E-state index contributed by atoms with van der Waals surface area (Å²) in [5.74, 6) is 0. The molecule has 1 aliphatic heterocycles. The van der Waals surface area contributed by atoms with Gasteiger partial charge in [0, 0.05) is 6.04 Å². The van der Waals surface area contributed by atoms with Crippen molar-refractivity contribution in [1.29, 1.82) is 0 Å². The maximum Gasteiger partial charge on any atom is 0.0899 e. The Bertz CT molecular complexity index is 444. The van der Waals surface area contributed by atoms with E-state index in [2.05, 4.69) is 36.1 Å². The molecule has 20 heavy (non-hydrogen) atoms. The highest BCUT2D eigenvalue weighted by atomic mass is 16.3. The normalized spacial score (nSPS) is 24.7. The van der Waals surface area contributed by atoms with Gasteiger partial charge in [-0.25, -0.2) is 0 Å². The van der Waals surface area contributed by atoms with Crippen molar-refractivity contribution in [2.24, 2.45) is 0 Å². The number of benzene rings is 1. The molecule has 0 unspecified atom stereocenters. The minimum absolute atomic E-state index is 0.430. The molecule has 1 N–H and O–H groups in total. The average Bonchev–Trinajstić information content (AvgIpc) is 3.01. The summed E-state index contributed by atoms with van der Waals surface area (Å²) in [7, 11) is 0. The topological polar surface area (TPSA) is 23.5 Å². The van der Waals surface area contributed by atoms with Crippen LogP contribution in [0.1, 0.15) is 69.0 Å². The van der Waals surface area contributed by atoms with Crippen molar-refractivity contribution in [1.82, 2.24) is 4.90 Å². The molecule has 110 valence electrons. The quantitative estimate of drug-likeness (QED) is 0.900. The van der Waals surface area contributed by atoms with Crippen LogP contribution in [0.5, 0.6) is 0 Å². The molecule has 2 aliphatic rings. The number of aliphatic hydroxyl groups is 1. The zero-order valence-corrected chi connectivity index (χ0v) is 12.6. The largest absolute Gasteiger partial charge is 0.385 e. The van der Waals surface area contributed by atoms with Crippen molar-refractivity contribution >= 4 is 0 Å². The molecule has 3 rings (SSSR count). The first-order valence-electron chi connectivity index (χ1n) is 8.26. The Kier molecular flexibility index (Phi) is 4.13. The molecule has 1 aromatic carbocycles. The Morgan fingerprint density at radius 1 is 1.00 bits per heavy atom. The number of likely N-dealkylation sites (tertiary alicyclic amines) is 1. The Morgan fingerprint density at radius 2 is 1.65 bits per heavy atom. The first-order valence-corrected chi connectivity index (χ1v) is 8.26. The lowest BCUT2D eigenvalue weighted by atomic mass is 9.77. The molecule has 0 amide bonds. The average molecular weight is 273 g/mol. The van der Waals surface area contributed by atoms with Crippen LogP contribution in [0.4, 0.5) is 0 Å². The van der Waals surface area contributed by atoms with Gasteiger partial charge in [0.05, 0.1) is 5.60 Å². The van der Waals surface area contributed by atoms with E-state index in [1.807, 2.05) is 0 Å². The Hall–Kier alpha value is -0.860. The second-order valence-electron chi connectivity index (χ2n) is 6.60. The molecule has 0 bridgehead atoms. The molecule has 0 radical (unpaired) electrons. The Balaban J connectivity index is 1.91. The number of rotatable bonds is 3. The van der Waals surface area contributed by atoms with E-state index in [1.54, 1.807) is 0 Å². The first-order chi connectivity index (χ1) is 9.71. The van der Waals surface area contributed by atoms with Crippen LogP contribution in [0.3, 0.4) is 0 Å². The van der Waals surface area contributed by atoms with Crippen LogP contribution in [-0.2, 0) is 5.60 Å². The first kappa shape index (κ1) is 14.1. The van der Waals surface area contributed by atoms with Crippen molar-refractivity contribution in [3.8, 4) is 0 Å². The van der Waals surface area contributed by atoms with Gasteiger partial charge < -0.3 is 5.11 Å². The summed E-state index contributed by atoms with van der Waals surface area (Å²) in [6.07, 6.45) is 8.07. The lowest BCUT2D eigenvalue weighted by Crippen LogP contribution is -2.32. The van der Waals surface area contributed by atoms with Gasteiger partial charge >= 0.3 is 0 Å². The summed E-state index contributed by atoms with van der Waals surface area (Å²) in [6, 6.07) is 9.03. The molecular formula is C18H27NO. The second kappa shape index (κ2) is 5.87. The Morgan fingerprint density at radius 3 is 2.35 bits per heavy atom. The standard InChI is InChI=1S/C18H27NO/c1-15(19-13-7-8-14-19)16-9-3-4-10-17(16)18(20)11-5-2-6-12-18/h3-4,9-10,15,20H,2,5-8,11-14H2,1H3/t15-/m1/s1. The summed E-state index contributed by atoms with van der Waals surface area (Å²) < 4.78 is 0. The molecule has 1 aliphatic carbocycles. The van der Waals surface area contributed by atoms with Gasteiger partial charge in [-0.1, -0.05) is 43.5 Å². The van der Waals surface area contributed by atoms with Crippen molar-refractivity contribution in [3.63, 3.8) is 0 Å². The van der Waals surface area contributed by atoms with E-state index in [0.29, 0.717) is 6.04 Å². The van der Waals surface area contributed by atoms with Gasteiger partial charge in [0.2, 0.25) is 0 Å². The summed E-state index contributed by atoms with van der Waals surface area (Å²) in [6.45, 7) is 4.71. The van der Waals surface area contributed by atoms with Crippen LogP contribution in [0, 0.1) is 0 Å². The van der Waals surface area contributed by atoms with Crippen molar-refractivity contribution in [2.45, 2.75) is 63.5 Å². The van der Waals surface area contributed by atoms with E-state index >= 15 is 0 Å². The number of hydrogen-bond acceptors (Lipinski definition) is 2. The number of nitrogens with zero attached hydrogens (tertiary/aromatic N) is 1. The molecule has 0 aromatic heterocycles. The van der Waals surface area contributed by atoms with Crippen molar-refractivity contribution in [2.75, 3.05) is 13.1 Å². The van der Waals surface area contributed by atoms with Gasteiger partial charge in [0.1, 0.15) is 0 Å². The SMILES string of the molecule is C[C@H](c1ccccc1C1(O)CCCCC1)N1CCCC1. The predicted octanol–water partition coefficient (Wildman–Crippen LogP) is 4.00. The van der Waals surface area contributed by atoms with Crippen LogP contribution in [0.25, 0.3) is 0 Å². The van der Waals surface area contributed by atoms with Crippen molar-refractivity contribution in [3.05, 3.63) is 35.4 Å². The van der Waals surface area contributed by atoms with E-state index in [0.717, 1.165) is 25.7 Å². The van der Waals surface area contributed by atoms with Gasteiger partial charge in [-0.05, 0) is 56.8 Å². The minimum atomic E-state index is -0.581. The van der Waals surface area contributed by atoms with E-state index in [-0.39, 0.29) is 0 Å². The van der Waals surface area contributed by atoms with E-state index in [1.165, 1.54) is 43.5 Å². The van der Waals surface area contributed by atoms with Gasteiger partial charge in [-0.2, -0.15) is 0 Å². The molecule has 1 aromatic rings. The summed E-state index contributed by atoms with van der Waals surface area (Å²) in [5, 5.41) is 11.1. The van der Waals surface area contributed by atoms with Crippen LogP contribution in [0.2, 0.25) is 0 Å². The summed E-state index contributed by atoms with van der Waals surface area (Å²) in [5.41, 5.74) is 1.96. The molecule has 1 atom stereocenters. The second-order valence-corrected chi connectivity index (χ2v) is 6.60. The van der Waals surface area contributed by atoms with Crippen LogP contribution in [-0.4, -0.2) is 23.1 Å². The maximum absolute atomic E-state index is 11.1. The number of hydrogen-bond donors (Lipinski definition) is 1. The molecule has 1 saturated heterocycles. The molecule has 0 spiro atoms. The van der Waals surface area contributed by atoms with Crippen LogP contribution in [0.15, 0.2) is 24.3 Å². The summed E-state index contributed by atoms with van der Waals surface area (Å²) >= 11 is 0. The zero-order valence-electron chi connectivity index (χ0n) is 12.6. The minimum Gasteiger partial charge on any atom is -0.385 e. The fourth-order valence-corrected chi connectivity index (χ4v) is 4.02. The molecule has 1 heterocycles. The van der Waals surface area contributed by atoms with E-state index < -0.39 is 5.60 Å². The maximum atomic E-state index is 11.1. The molecule has 2 heteroatoms. The predicted molar refractivity (Wildman–Crippen MR) is 82.6 cm³/mol. The third kappa shape index (κ3) is 2.64. The third-order valence-corrected chi connectivity index (χ3v) is 5.28. The highest BCUT2D eigenvalue weighted by Gasteiger charge is 2.34. The molecule has 2 nitrogen and oxygen atoms in total. The smallest absolute Gasteiger partial charge is 0.0899 e. The Labute approximate surface area is 122 Å². The van der Waals surface area contributed by atoms with Gasteiger partial charge in [-0.15, -0.1) is 0 Å². The molecular weight excluding hydrogens is 246 g/mol. The van der Waals surface area contributed by atoms with E-state index in [9.17, 15) is 5.11 Å². The third-order valence-electron chi connectivity index (χ3n) is 5.28. The van der Waals surface area contributed by atoms with Crippen LogP contribution >= 0.6 is 0 Å². The lowest BCUT2D eigenvalue weighted by Gasteiger charge is -2.36. The monoisotopic (exact) mass is 273 g/mol. The molecule has 1 saturated carbocycles. The summed E-state index contributed by atoms with van der Waals surface area (Å²) in [4.78, 5) is 2.56. The lowest BCUT2D eigenvalue weighted by molar-refractivity contribution is -0.00242. The molecule has 2 fully saturated rings. The highest BCUT2D eigenvalue weighted by molar-refractivity contribution is 5.35. The fourth-order valence-electron chi connectivity index (χ4n) is 4.02. The van der Waals surface area contributed by atoms with Gasteiger partial charge in [0.15, 0.2) is 0 Å². The van der Waals surface area contributed by atoms with Gasteiger partial charge in [0.25, 0.3) is 0 Å². The van der Waals surface area contributed by atoms with Crippen LogP contribution < -0.4 is 0 Å². The highest BCUT2D eigenvalue weighted by Crippen LogP contribution is 2.41. The van der Waals surface area contributed by atoms with Crippen molar-refractivity contribution < 1.29 is 5.11 Å². The van der Waals surface area contributed by atoms with E-state index in [4.69, 9.17) is 0 Å². The van der Waals surface area contributed by atoms with Gasteiger partial charge in [-0.3, -0.25) is 4.90 Å². The fraction of sp³-hybridized carbons (Fsp3) is 0.667.